The lowest BCUT2D eigenvalue weighted by Crippen LogP contribution is -2.46. The Hall–Kier alpha value is -5.71. The molecule has 252 valence electrons. The highest BCUT2D eigenvalue weighted by Gasteiger charge is 2.35. The van der Waals surface area contributed by atoms with Crippen molar-refractivity contribution in [1.82, 2.24) is 34.6 Å². The van der Waals surface area contributed by atoms with Gasteiger partial charge in [0.1, 0.15) is 13.2 Å². The molecule has 2 aromatic carbocycles. The van der Waals surface area contributed by atoms with Crippen molar-refractivity contribution in [3.63, 3.8) is 0 Å². The number of alkyl halides is 5. The molecule has 49 heavy (non-hydrogen) atoms. The summed E-state index contributed by atoms with van der Waals surface area (Å²) in [7, 11) is 1.33. The lowest BCUT2D eigenvalue weighted by atomic mass is 10.0. The van der Waals surface area contributed by atoms with Gasteiger partial charge < -0.3 is 5.73 Å². The van der Waals surface area contributed by atoms with Gasteiger partial charge in [-0.1, -0.05) is 28.9 Å². The van der Waals surface area contributed by atoms with Gasteiger partial charge >= 0.3 is 12.7 Å². The summed E-state index contributed by atoms with van der Waals surface area (Å²) < 4.78 is 86.3. The van der Waals surface area contributed by atoms with Crippen LogP contribution in [0.3, 0.4) is 0 Å². The summed E-state index contributed by atoms with van der Waals surface area (Å²) in [6.07, 6.45) is 1.65. The van der Waals surface area contributed by atoms with E-state index in [1.54, 1.807) is 47.4 Å². The fourth-order valence-electron chi connectivity index (χ4n) is 5.19. The van der Waals surface area contributed by atoms with Crippen LogP contribution in [0.5, 0.6) is 0 Å². The van der Waals surface area contributed by atoms with E-state index in [2.05, 4.69) is 20.5 Å². The second-order valence-corrected chi connectivity index (χ2v) is 11.0. The molecule has 0 bridgehead atoms. The van der Waals surface area contributed by atoms with Crippen LogP contribution >= 0.6 is 11.6 Å². The summed E-state index contributed by atoms with van der Waals surface area (Å²) in [6.45, 7) is -2.87. The molecule has 0 unspecified atom stereocenters. The molecule has 1 amide bonds. The summed E-state index contributed by atoms with van der Waals surface area (Å²) >= 11 is 6.09. The van der Waals surface area contributed by atoms with Gasteiger partial charge in [-0.15, -0.1) is 5.10 Å². The van der Waals surface area contributed by atoms with Crippen LogP contribution in [0.25, 0.3) is 27.9 Å². The first-order valence-electron chi connectivity index (χ1n) is 14.2. The Labute approximate surface area is 277 Å². The molecule has 0 spiro atoms. The molecule has 0 fully saturated rings. The standard InChI is InChI=1S/C31H22ClF6N9O2/c1-49-47-15-19(27-24(9-7-22(32)28(27)33)46-16-26(41-43-46)31(36,37)38)6-8-23(47)25(12-21-10-11-44(42-21)30(34)35)45-14-20(13-40-45)17-2-4-18(5-3-17)29(39)48/h2-11,13-16,25,30H,12H2,1H3,(H-,39,48)/p+1/t25-/m1/s1. The number of hydrogen-bond acceptors (Lipinski definition) is 6. The molecule has 6 rings (SSSR count). The zero-order chi connectivity index (χ0) is 35.0. The number of aromatic nitrogens is 8. The smallest absolute Gasteiger partial charge is 0.366 e. The molecule has 6 aromatic rings. The van der Waals surface area contributed by atoms with Crippen molar-refractivity contribution in [3.8, 4) is 27.9 Å². The zero-order valence-electron chi connectivity index (χ0n) is 25.1. The highest BCUT2D eigenvalue weighted by molar-refractivity contribution is 6.31. The molecule has 4 aromatic heterocycles. The third kappa shape index (κ3) is 6.69. The van der Waals surface area contributed by atoms with Gasteiger partial charge in [0.15, 0.2) is 11.5 Å². The number of nitrogens with two attached hydrogens (primary N) is 1. The maximum absolute atomic E-state index is 15.6. The number of primary amides is 1. The van der Waals surface area contributed by atoms with Crippen LogP contribution in [-0.2, 0) is 12.6 Å². The van der Waals surface area contributed by atoms with Crippen LogP contribution in [0, 0.1) is 5.82 Å². The van der Waals surface area contributed by atoms with Crippen molar-refractivity contribution < 1.29 is 40.7 Å². The molecule has 18 heteroatoms. The molecule has 4 heterocycles. The molecule has 1 atom stereocenters. The quantitative estimate of drug-likeness (QED) is 0.149. The first-order valence-corrected chi connectivity index (χ1v) is 14.6. The van der Waals surface area contributed by atoms with E-state index in [0.29, 0.717) is 33.3 Å². The highest BCUT2D eigenvalue weighted by atomic mass is 35.5. The predicted octanol–water partition coefficient (Wildman–Crippen LogP) is 5.48. The van der Waals surface area contributed by atoms with Crippen molar-refractivity contribution >= 4 is 17.5 Å². The highest BCUT2D eigenvalue weighted by Crippen LogP contribution is 2.35. The van der Waals surface area contributed by atoms with Crippen LogP contribution in [0.2, 0.25) is 5.02 Å². The molecule has 0 aliphatic heterocycles. The van der Waals surface area contributed by atoms with Gasteiger partial charge in [0.25, 0.3) is 5.69 Å². The summed E-state index contributed by atoms with van der Waals surface area (Å²) in [5.74, 6) is -1.53. The van der Waals surface area contributed by atoms with E-state index in [0.717, 1.165) is 10.9 Å². The topological polar surface area (TPSA) is 123 Å². The summed E-state index contributed by atoms with van der Waals surface area (Å²) in [4.78, 5) is 17.1. The number of nitrogens with zero attached hydrogens (tertiary/aromatic N) is 8. The van der Waals surface area contributed by atoms with Crippen molar-refractivity contribution in [2.24, 2.45) is 5.73 Å². The number of halogens is 7. The first-order chi connectivity index (χ1) is 23.3. The van der Waals surface area contributed by atoms with Crippen LogP contribution < -0.4 is 15.3 Å². The maximum Gasteiger partial charge on any atom is 0.436 e. The molecular weight excluding hydrogens is 680 g/mol. The number of hydrogen-bond donors (Lipinski definition) is 1. The second-order valence-electron chi connectivity index (χ2n) is 10.6. The lowest BCUT2D eigenvalue weighted by molar-refractivity contribution is -0.891. The Morgan fingerprint density at radius 2 is 1.73 bits per heavy atom. The van der Waals surface area contributed by atoms with E-state index in [1.165, 1.54) is 42.3 Å². The van der Waals surface area contributed by atoms with Crippen LogP contribution in [0.15, 0.2) is 85.6 Å². The van der Waals surface area contributed by atoms with Crippen molar-refractivity contribution in [1.29, 1.82) is 0 Å². The molecule has 2 N–H and O–H groups in total. The largest absolute Gasteiger partial charge is 0.436 e. The lowest BCUT2D eigenvalue weighted by Gasteiger charge is -2.16. The summed E-state index contributed by atoms with van der Waals surface area (Å²) in [5.41, 5.74) is 6.28. The monoisotopic (exact) mass is 702 g/mol. The number of benzene rings is 2. The fourth-order valence-corrected chi connectivity index (χ4v) is 5.34. The van der Waals surface area contributed by atoms with E-state index in [4.69, 9.17) is 22.2 Å². The molecule has 0 aliphatic rings. The van der Waals surface area contributed by atoms with Crippen molar-refractivity contribution in [2.75, 3.05) is 7.11 Å². The minimum atomic E-state index is -4.79. The van der Waals surface area contributed by atoms with Gasteiger partial charge in [-0.2, -0.15) is 32.1 Å². The van der Waals surface area contributed by atoms with Crippen molar-refractivity contribution in [2.45, 2.75) is 25.2 Å². The number of rotatable bonds is 10. The molecule has 0 radical (unpaired) electrons. The average Bonchev–Trinajstić information content (AvgIpc) is 3.86. The number of carbonyl (C=O) groups excluding carboxylic acids is 1. The summed E-state index contributed by atoms with van der Waals surface area (Å²) in [5, 5.41) is 14.9. The molecule has 0 aliphatic carbocycles. The minimum absolute atomic E-state index is 0.0418. The van der Waals surface area contributed by atoms with Gasteiger partial charge in [0.2, 0.25) is 12.1 Å². The Balaban J connectivity index is 1.44. The van der Waals surface area contributed by atoms with Gasteiger partial charge in [0.05, 0.1) is 39.9 Å². The van der Waals surface area contributed by atoms with Gasteiger partial charge in [-0.05, 0) is 42.0 Å². The third-order valence-electron chi connectivity index (χ3n) is 7.56. The van der Waals surface area contributed by atoms with Crippen LogP contribution in [0.4, 0.5) is 26.3 Å². The Morgan fingerprint density at radius 3 is 2.37 bits per heavy atom. The Morgan fingerprint density at radius 1 is 1.00 bits per heavy atom. The molecule has 0 saturated carbocycles. The minimum Gasteiger partial charge on any atom is -0.366 e. The zero-order valence-corrected chi connectivity index (χ0v) is 25.8. The SMILES string of the molecule is CO[n+]1cc(-c2c(-n3cc(C(F)(F)F)nn3)ccc(Cl)c2F)ccc1[C@@H](Cc1ccn(C(F)F)n1)n1cc(-c2ccc(C(N)=O)cc2)cn1. The molecular formula is C31H23ClF6N9O2+. The predicted molar refractivity (Wildman–Crippen MR) is 161 cm³/mol. The van der Waals surface area contributed by atoms with Crippen molar-refractivity contribution in [3.05, 3.63) is 119 Å². The Kier molecular flexibility index (Phi) is 8.85. The van der Waals surface area contributed by atoms with E-state index < -0.39 is 36.2 Å². The average molecular weight is 703 g/mol. The number of amides is 1. The van der Waals surface area contributed by atoms with E-state index in [-0.39, 0.29) is 34.0 Å². The first kappa shape index (κ1) is 33.2. The second kappa shape index (κ2) is 13.1. The molecule has 11 nitrogen and oxygen atoms in total. The normalized spacial score (nSPS) is 12.4. The number of pyridine rings is 1. The van der Waals surface area contributed by atoms with Gasteiger partial charge in [0, 0.05) is 40.7 Å². The third-order valence-corrected chi connectivity index (χ3v) is 7.86. The van der Waals surface area contributed by atoms with E-state index >= 15 is 4.39 Å². The van der Waals surface area contributed by atoms with E-state index in [9.17, 15) is 26.7 Å². The van der Waals surface area contributed by atoms with E-state index in [1.807, 2.05) is 0 Å². The molecule has 0 saturated heterocycles. The fraction of sp³-hybridized carbons (Fsp3) is 0.161. The Bertz CT molecular complexity index is 2140. The maximum atomic E-state index is 15.6. The van der Waals surface area contributed by atoms with Crippen LogP contribution in [-0.4, -0.2) is 47.6 Å². The van der Waals surface area contributed by atoms with Gasteiger partial charge in [-0.25, -0.2) is 13.8 Å². The number of carbonyl (C=O) groups is 1. The van der Waals surface area contributed by atoms with Gasteiger partial charge in [-0.3, -0.25) is 14.3 Å². The van der Waals surface area contributed by atoms with Crippen LogP contribution in [0.1, 0.15) is 40.0 Å². The summed E-state index contributed by atoms with van der Waals surface area (Å²) in [6, 6.07) is 12.7.